The highest BCUT2D eigenvalue weighted by Crippen LogP contribution is 2.16. The van der Waals surface area contributed by atoms with E-state index < -0.39 is 11.7 Å². The molecule has 0 aliphatic carbocycles. The summed E-state index contributed by atoms with van der Waals surface area (Å²) < 4.78 is 23.8. The van der Waals surface area contributed by atoms with E-state index in [0.29, 0.717) is 25.5 Å². The van der Waals surface area contributed by atoms with Crippen LogP contribution in [0.1, 0.15) is 10.4 Å². The second-order valence-electron chi connectivity index (χ2n) is 4.28. The summed E-state index contributed by atoms with van der Waals surface area (Å²) in [6, 6.07) is 4.23. The Hall–Kier alpha value is -1.66. The predicted molar refractivity (Wildman–Crippen MR) is 67.9 cm³/mol. The molecule has 0 saturated carbocycles. The van der Waals surface area contributed by atoms with Gasteiger partial charge in [-0.25, -0.2) is 4.39 Å². The summed E-state index contributed by atoms with van der Waals surface area (Å²) in [5.41, 5.74) is 0.0116. The molecule has 5 nitrogen and oxygen atoms in total. The smallest absolute Gasteiger partial charge is 0.254 e. The van der Waals surface area contributed by atoms with E-state index in [-0.39, 0.29) is 11.6 Å². The van der Waals surface area contributed by atoms with Crippen LogP contribution in [-0.2, 0) is 4.74 Å². The Bertz CT molecular complexity index is 448. The zero-order valence-electron chi connectivity index (χ0n) is 10.7. The van der Waals surface area contributed by atoms with E-state index in [1.54, 1.807) is 6.07 Å². The van der Waals surface area contributed by atoms with Gasteiger partial charge < -0.3 is 20.1 Å². The summed E-state index contributed by atoms with van der Waals surface area (Å²) in [5.74, 6) is -0.645. The van der Waals surface area contributed by atoms with E-state index in [1.807, 2.05) is 0 Å². The Balaban J connectivity index is 1.92. The van der Waals surface area contributed by atoms with Crippen molar-refractivity contribution in [2.75, 3.05) is 33.4 Å². The largest absolute Gasteiger partial charge is 0.497 e. The molecule has 0 bridgehead atoms. The molecule has 1 heterocycles. The lowest BCUT2D eigenvalue weighted by molar-refractivity contribution is 0.0734. The molecule has 1 amide bonds. The number of carbonyl (C=O) groups is 1. The van der Waals surface area contributed by atoms with Crippen LogP contribution in [0.3, 0.4) is 0 Å². The van der Waals surface area contributed by atoms with Crippen LogP contribution in [0.4, 0.5) is 4.39 Å². The lowest BCUT2D eigenvalue weighted by Crippen LogP contribution is -2.48. The Labute approximate surface area is 111 Å². The first-order valence-electron chi connectivity index (χ1n) is 6.13. The fourth-order valence-corrected chi connectivity index (χ4v) is 1.87. The van der Waals surface area contributed by atoms with Crippen molar-refractivity contribution in [3.8, 4) is 5.75 Å². The second kappa shape index (κ2) is 6.49. The number of hydrogen-bond acceptors (Lipinski definition) is 4. The average molecular weight is 268 g/mol. The number of amides is 1. The van der Waals surface area contributed by atoms with Gasteiger partial charge in [0.1, 0.15) is 11.6 Å². The molecule has 2 rings (SSSR count). The molecule has 1 aliphatic heterocycles. The van der Waals surface area contributed by atoms with E-state index in [4.69, 9.17) is 9.47 Å². The first-order chi connectivity index (χ1) is 9.20. The van der Waals surface area contributed by atoms with Crippen LogP contribution in [0.5, 0.6) is 5.75 Å². The molecule has 0 spiro atoms. The van der Waals surface area contributed by atoms with E-state index in [1.165, 1.54) is 19.2 Å². The zero-order chi connectivity index (χ0) is 13.7. The summed E-state index contributed by atoms with van der Waals surface area (Å²) in [7, 11) is 1.45. The molecule has 2 N–H and O–H groups in total. The Morgan fingerprint density at radius 3 is 3.11 bits per heavy atom. The van der Waals surface area contributed by atoms with Crippen molar-refractivity contribution in [1.82, 2.24) is 10.6 Å². The quantitative estimate of drug-likeness (QED) is 0.837. The molecule has 0 radical (unpaired) electrons. The summed E-state index contributed by atoms with van der Waals surface area (Å²) >= 11 is 0. The molecule has 6 heteroatoms. The SMILES string of the molecule is COc1ccc(C(=O)NCC2COCCN2)c(F)c1. The maximum Gasteiger partial charge on any atom is 0.254 e. The van der Waals surface area contributed by atoms with E-state index >= 15 is 0 Å². The van der Waals surface area contributed by atoms with Crippen molar-refractivity contribution in [2.45, 2.75) is 6.04 Å². The van der Waals surface area contributed by atoms with Gasteiger partial charge >= 0.3 is 0 Å². The minimum Gasteiger partial charge on any atom is -0.497 e. The van der Waals surface area contributed by atoms with E-state index in [2.05, 4.69) is 10.6 Å². The number of morpholine rings is 1. The average Bonchev–Trinajstić information content (AvgIpc) is 2.45. The summed E-state index contributed by atoms with van der Waals surface area (Å²) in [6.07, 6.45) is 0. The highest BCUT2D eigenvalue weighted by Gasteiger charge is 2.16. The minimum atomic E-state index is -0.593. The van der Waals surface area contributed by atoms with Gasteiger partial charge in [0, 0.05) is 25.2 Å². The molecular weight excluding hydrogens is 251 g/mol. The highest BCUT2D eigenvalue weighted by molar-refractivity contribution is 5.94. The molecule has 1 aliphatic rings. The number of ether oxygens (including phenoxy) is 2. The molecule has 104 valence electrons. The number of methoxy groups -OCH3 is 1. The number of halogens is 1. The van der Waals surface area contributed by atoms with Gasteiger partial charge in [0.2, 0.25) is 0 Å². The normalized spacial score (nSPS) is 18.9. The van der Waals surface area contributed by atoms with Gasteiger partial charge in [-0.2, -0.15) is 0 Å². The van der Waals surface area contributed by atoms with Gasteiger partial charge in [0.05, 0.1) is 25.9 Å². The van der Waals surface area contributed by atoms with Crippen molar-refractivity contribution in [1.29, 1.82) is 0 Å². The Morgan fingerprint density at radius 1 is 1.63 bits per heavy atom. The Morgan fingerprint density at radius 2 is 2.47 bits per heavy atom. The molecule has 1 fully saturated rings. The van der Waals surface area contributed by atoms with Crippen molar-refractivity contribution in [3.63, 3.8) is 0 Å². The minimum absolute atomic E-state index is 0.0116. The first-order valence-corrected chi connectivity index (χ1v) is 6.13. The molecule has 1 saturated heterocycles. The van der Waals surface area contributed by atoms with Gasteiger partial charge in [-0.1, -0.05) is 0 Å². The molecule has 1 atom stereocenters. The lowest BCUT2D eigenvalue weighted by atomic mass is 10.2. The first kappa shape index (κ1) is 13.8. The third-order valence-electron chi connectivity index (χ3n) is 2.93. The van der Waals surface area contributed by atoms with Gasteiger partial charge in [0.25, 0.3) is 5.91 Å². The van der Waals surface area contributed by atoms with Crippen molar-refractivity contribution >= 4 is 5.91 Å². The molecular formula is C13H17FN2O3. The van der Waals surface area contributed by atoms with Crippen molar-refractivity contribution in [3.05, 3.63) is 29.6 Å². The molecule has 1 aromatic carbocycles. The zero-order valence-corrected chi connectivity index (χ0v) is 10.7. The highest BCUT2D eigenvalue weighted by atomic mass is 19.1. The molecule has 1 unspecified atom stereocenters. The molecule has 19 heavy (non-hydrogen) atoms. The maximum absolute atomic E-state index is 13.7. The van der Waals surface area contributed by atoms with E-state index in [0.717, 1.165) is 6.54 Å². The summed E-state index contributed by atoms with van der Waals surface area (Å²) in [6.45, 7) is 2.39. The van der Waals surface area contributed by atoms with Crippen LogP contribution in [0.15, 0.2) is 18.2 Å². The number of hydrogen-bond donors (Lipinski definition) is 2. The van der Waals surface area contributed by atoms with Gasteiger partial charge in [-0.3, -0.25) is 4.79 Å². The van der Waals surface area contributed by atoms with Crippen LogP contribution in [0.25, 0.3) is 0 Å². The number of rotatable bonds is 4. The fraction of sp³-hybridized carbons (Fsp3) is 0.462. The maximum atomic E-state index is 13.7. The van der Waals surface area contributed by atoms with Crippen molar-refractivity contribution < 1.29 is 18.7 Å². The van der Waals surface area contributed by atoms with Crippen LogP contribution in [-0.4, -0.2) is 45.4 Å². The predicted octanol–water partition coefficient (Wildman–Crippen LogP) is 0.552. The second-order valence-corrected chi connectivity index (χ2v) is 4.28. The van der Waals surface area contributed by atoms with E-state index in [9.17, 15) is 9.18 Å². The number of carbonyl (C=O) groups excluding carboxylic acids is 1. The Kier molecular flexibility index (Phi) is 4.70. The fourth-order valence-electron chi connectivity index (χ4n) is 1.87. The van der Waals surface area contributed by atoms with Crippen LogP contribution in [0.2, 0.25) is 0 Å². The third kappa shape index (κ3) is 3.65. The van der Waals surface area contributed by atoms with Crippen LogP contribution < -0.4 is 15.4 Å². The third-order valence-corrected chi connectivity index (χ3v) is 2.93. The lowest BCUT2D eigenvalue weighted by Gasteiger charge is -2.23. The standard InChI is InChI=1S/C13H17FN2O3/c1-18-10-2-3-11(12(14)6-10)13(17)16-7-9-8-19-5-4-15-9/h2-3,6,9,15H,4-5,7-8H2,1H3,(H,16,17). The molecule has 1 aromatic rings. The molecule has 0 aromatic heterocycles. The number of benzene rings is 1. The monoisotopic (exact) mass is 268 g/mol. The van der Waals surface area contributed by atoms with Crippen LogP contribution >= 0.6 is 0 Å². The summed E-state index contributed by atoms with van der Waals surface area (Å²) in [5, 5.41) is 5.89. The van der Waals surface area contributed by atoms with Crippen molar-refractivity contribution in [2.24, 2.45) is 0 Å². The van der Waals surface area contributed by atoms with Crippen LogP contribution in [0, 0.1) is 5.82 Å². The van der Waals surface area contributed by atoms with Gasteiger partial charge in [-0.05, 0) is 12.1 Å². The van der Waals surface area contributed by atoms with Gasteiger partial charge in [-0.15, -0.1) is 0 Å². The van der Waals surface area contributed by atoms with Gasteiger partial charge in [0.15, 0.2) is 0 Å². The summed E-state index contributed by atoms with van der Waals surface area (Å²) in [4.78, 5) is 11.8. The number of nitrogens with one attached hydrogen (secondary N) is 2. The topological polar surface area (TPSA) is 59.6 Å².